The van der Waals surface area contributed by atoms with E-state index in [0.717, 1.165) is 0 Å². The van der Waals surface area contributed by atoms with Crippen molar-refractivity contribution in [3.63, 3.8) is 0 Å². The van der Waals surface area contributed by atoms with Gasteiger partial charge in [-0.15, -0.1) is 0 Å². The van der Waals surface area contributed by atoms with E-state index in [2.05, 4.69) is 9.78 Å². The molecule has 0 aliphatic heterocycles. The third-order valence-electron chi connectivity index (χ3n) is 0.672. The molecule has 0 amide bonds. The van der Waals surface area contributed by atoms with Gasteiger partial charge in [-0.25, -0.2) is 9.78 Å². The van der Waals surface area contributed by atoms with Crippen molar-refractivity contribution in [2.75, 3.05) is 19.8 Å². The summed E-state index contributed by atoms with van der Waals surface area (Å²) >= 11 is 0. The molecule has 0 bridgehead atoms. The smallest absolute Gasteiger partial charge is 0.110 e. The van der Waals surface area contributed by atoms with Crippen LogP contribution in [0.3, 0.4) is 0 Å². The summed E-state index contributed by atoms with van der Waals surface area (Å²) in [5.74, 6) is 0. The highest BCUT2D eigenvalue weighted by atomic mass is 17.2. The predicted molar refractivity (Wildman–Crippen MR) is 30.7 cm³/mol. The molecule has 1 unspecified atom stereocenters. The molecule has 2 N–H and O–H groups in total. The molecule has 0 fully saturated rings. The van der Waals surface area contributed by atoms with Crippen molar-refractivity contribution in [3.8, 4) is 0 Å². The zero-order valence-electron chi connectivity index (χ0n) is 5.41. The Balaban J connectivity index is 2.88. The molecule has 0 aliphatic carbocycles. The van der Waals surface area contributed by atoms with Crippen molar-refractivity contribution in [3.05, 3.63) is 0 Å². The summed E-state index contributed by atoms with van der Waals surface area (Å²) in [6.45, 7) is 1.93. The second kappa shape index (κ2) is 5.97. The van der Waals surface area contributed by atoms with Gasteiger partial charge in [-0.2, -0.15) is 0 Å². The lowest BCUT2D eigenvalue weighted by Crippen LogP contribution is -2.19. The normalized spacial score (nSPS) is 13.7. The van der Waals surface area contributed by atoms with Crippen LogP contribution in [0.1, 0.15) is 6.92 Å². The molecular formula is C5H12O4. The SMILES string of the molecule is CCOOCC(O)CO. The molecule has 4 heteroatoms. The van der Waals surface area contributed by atoms with Crippen LogP contribution in [0.5, 0.6) is 0 Å². The first-order chi connectivity index (χ1) is 4.31. The lowest BCUT2D eigenvalue weighted by molar-refractivity contribution is -0.303. The first-order valence-electron chi connectivity index (χ1n) is 2.84. The van der Waals surface area contributed by atoms with E-state index < -0.39 is 6.10 Å². The lowest BCUT2D eigenvalue weighted by Gasteiger charge is -2.04. The van der Waals surface area contributed by atoms with E-state index in [-0.39, 0.29) is 13.2 Å². The fraction of sp³-hybridized carbons (Fsp3) is 1.00. The van der Waals surface area contributed by atoms with E-state index in [0.29, 0.717) is 6.61 Å². The van der Waals surface area contributed by atoms with E-state index in [1.54, 1.807) is 6.92 Å². The van der Waals surface area contributed by atoms with E-state index in [1.807, 2.05) is 0 Å². The highest BCUT2D eigenvalue weighted by molar-refractivity contribution is 4.45. The van der Waals surface area contributed by atoms with Gasteiger partial charge in [-0.3, -0.25) is 0 Å². The summed E-state index contributed by atoms with van der Waals surface area (Å²) in [6.07, 6.45) is -0.837. The number of hydrogen-bond donors (Lipinski definition) is 2. The maximum atomic E-state index is 8.63. The average Bonchev–Trinajstić information content (AvgIpc) is 1.89. The summed E-state index contributed by atoms with van der Waals surface area (Å²) < 4.78 is 0. The zero-order chi connectivity index (χ0) is 7.11. The molecule has 0 saturated carbocycles. The lowest BCUT2D eigenvalue weighted by atomic mass is 10.4. The highest BCUT2D eigenvalue weighted by Gasteiger charge is 2.00. The van der Waals surface area contributed by atoms with Gasteiger partial charge in [0.15, 0.2) is 0 Å². The first kappa shape index (κ1) is 8.84. The minimum Gasteiger partial charge on any atom is -0.394 e. The molecule has 4 nitrogen and oxygen atoms in total. The minimum atomic E-state index is -0.837. The van der Waals surface area contributed by atoms with Crippen LogP contribution < -0.4 is 0 Å². The van der Waals surface area contributed by atoms with Crippen molar-refractivity contribution in [2.24, 2.45) is 0 Å². The summed E-state index contributed by atoms with van der Waals surface area (Å²) in [6, 6.07) is 0. The van der Waals surface area contributed by atoms with Crippen molar-refractivity contribution >= 4 is 0 Å². The summed E-state index contributed by atoms with van der Waals surface area (Å²) in [4.78, 5) is 8.86. The third-order valence-corrected chi connectivity index (χ3v) is 0.672. The summed E-state index contributed by atoms with van der Waals surface area (Å²) in [7, 11) is 0. The van der Waals surface area contributed by atoms with Crippen LogP contribution in [0.2, 0.25) is 0 Å². The zero-order valence-corrected chi connectivity index (χ0v) is 5.41. The molecule has 56 valence electrons. The van der Waals surface area contributed by atoms with Gasteiger partial charge in [-0.05, 0) is 6.92 Å². The Labute approximate surface area is 53.9 Å². The van der Waals surface area contributed by atoms with Gasteiger partial charge in [-0.1, -0.05) is 0 Å². The van der Waals surface area contributed by atoms with E-state index in [9.17, 15) is 0 Å². The van der Waals surface area contributed by atoms with Crippen LogP contribution in [0, 0.1) is 0 Å². The van der Waals surface area contributed by atoms with Crippen LogP contribution in [-0.4, -0.2) is 36.1 Å². The van der Waals surface area contributed by atoms with Gasteiger partial charge in [0, 0.05) is 0 Å². The Morgan fingerprint density at radius 2 is 2.11 bits per heavy atom. The van der Waals surface area contributed by atoms with Gasteiger partial charge in [0.1, 0.15) is 12.7 Å². The van der Waals surface area contributed by atoms with Gasteiger partial charge in [0.25, 0.3) is 0 Å². The molecule has 0 radical (unpaired) electrons. The van der Waals surface area contributed by atoms with Crippen LogP contribution in [0.25, 0.3) is 0 Å². The Hall–Kier alpha value is -0.160. The van der Waals surface area contributed by atoms with Crippen LogP contribution in [0.4, 0.5) is 0 Å². The summed E-state index contributed by atoms with van der Waals surface area (Å²) in [5, 5.41) is 16.9. The fourth-order valence-electron chi connectivity index (χ4n) is 0.263. The van der Waals surface area contributed by atoms with Crippen molar-refractivity contribution in [2.45, 2.75) is 13.0 Å². The second-order valence-electron chi connectivity index (χ2n) is 1.53. The Kier molecular flexibility index (Phi) is 5.86. The average molecular weight is 136 g/mol. The van der Waals surface area contributed by atoms with Gasteiger partial charge in [0.05, 0.1) is 13.2 Å². The summed E-state index contributed by atoms with van der Waals surface area (Å²) in [5.41, 5.74) is 0. The molecule has 0 heterocycles. The Morgan fingerprint density at radius 1 is 1.44 bits per heavy atom. The highest BCUT2D eigenvalue weighted by Crippen LogP contribution is 1.83. The monoisotopic (exact) mass is 136 g/mol. The van der Waals surface area contributed by atoms with Crippen LogP contribution in [-0.2, 0) is 9.78 Å². The molecule has 0 aromatic rings. The number of aliphatic hydroxyl groups is 2. The van der Waals surface area contributed by atoms with Gasteiger partial charge >= 0.3 is 0 Å². The molecule has 0 aromatic carbocycles. The molecular weight excluding hydrogens is 124 g/mol. The molecule has 0 rings (SSSR count). The maximum Gasteiger partial charge on any atom is 0.110 e. The molecule has 0 saturated heterocycles. The minimum absolute atomic E-state index is 0.0182. The van der Waals surface area contributed by atoms with Gasteiger partial charge < -0.3 is 10.2 Å². The fourth-order valence-corrected chi connectivity index (χ4v) is 0.263. The Bertz CT molecular complexity index is 56.9. The van der Waals surface area contributed by atoms with Crippen LogP contribution >= 0.6 is 0 Å². The standard InChI is InChI=1S/C5H12O4/c1-2-8-9-4-5(7)3-6/h5-7H,2-4H2,1H3. The molecule has 0 spiro atoms. The Morgan fingerprint density at radius 3 is 2.56 bits per heavy atom. The van der Waals surface area contributed by atoms with E-state index in [1.165, 1.54) is 0 Å². The van der Waals surface area contributed by atoms with Crippen LogP contribution in [0.15, 0.2) is 0 Å². The number of rotatable bonds is 5. The van der Waals surface area contributed by atoms with E-state index >= 15 is 0 Å². The first-order valence-corrected chi connectivity index (χ1v) is 2.84. The van der Waals surface area contributed by atoms with Crippen molar-refractivity contribution in [1.29, 1.82) is 0 Å². The van der Waals surface area contributed by atoms with E-state index in [4.69, 9.17) is 10.2 Å². The second-order valence-corrected chi connectivity index (χ2v) is 1.53. The molecule has 0 aromatic heterocycles. The molecule has 1 atom stereocenters. The largest absolute Gasteiger partial charge is 0.394 e. The van der Waals surface area contributed by atoms with Crippen molar-refractivity contribution < 1.29 is 20.0 Å². The van der Waals surface area contributed by atoms with Crippen molar-refractivity contribution in [1.82, 2.24) is 0 Å². The number of aliphatic hydroxyl groups excluding tert-OH is 2. The maximum absolute atomic E-state index is 8.63. The predicted octanol–water partition coefficient (Wildman–Crippen LogP) is -0.692. The number of hydrogen-bond acceptors (Lipinski definition) is 4. The third kappa shape index (κ3) is 5.72. The van der Waals surface area contributed by atoms with Gasteiger partial charge in [0.2, 0.25) is 0 Å². The quantitative estimate of drug-likeness (QED) is 0.298. The molecule has 0 aliphatic rings. The molecule has 9 heavy (non-hydrogen) atoms. The topological polar surface area (TPSA) is 58.9 Å².